The van der Waals surface area contributed by atoms with Crippen molar-refractivity contribution in [3.8, 4) is 11.5 Å². The van der Waals surface area contributed by atoms with E-state index in [-0.39, 0.29) is 5.91 Å². The van der Waals surface area contributed by atoms with Gasteiger partial charge in [-0.05, 0) is 48.9 Å². The molecular weight excluding hydrogens is 370 g/mol. The Kier molecular flexibility index (Phi) is 6.86. The van der Waals surface area contributed by atoms with Gasteiger partial charge in [-0.15, -0.1) is 0 Å². The van der Waals surface area contributed by atoms with Gasteiger partial charge in [0.15, 0.2) is 0 Å². The Labute approximate surface area is 170 Å². The van der Waals surface area contributed by atoms with Crippen molar-refractivity contribution in [2.24, 2.45) is 7.05 Å². The number of nitrogens with one attached hydrogen (secondary N) is 1. The summed E-state index contributed by atoms with van der Waals surface area (Å²) in [5.41, 5.74) is 2.19. The zero-order valence-corrected chi connectivity index (χ0v) is 16.8. The Morgan fingerprint density at radius 3 is 2.59 bits per heavy atom. The zero-order chi connectivity index (χ0) is 20.6. The lowest BCUT2D eigenvalue weighted by atomic mass is 10.1. The number of benzene rings is 2. The first-order valence-corrected chi connectivity index (χ1v) is 9.29. The van der Waals surface area contributed by atoms with Crippen LogP contribution in [0.4, 0.5) is 5.69 Å². The van der Waals surface area contributed by atoms with Gasteiger partial charge in [0, 0.05) is 32.1 Å². The molecule has 0 saturated carbocycles. The third-order valence-corrected chi connectivity index (χ3v) is 4.34. The van der Waals surface area contributed by atoms with Gasteiger partial charge in [-0.2, -0.15) is 0 Å². The number of hydrogen-bond acceptors (Lipinski definition) is 5. The van der Waals surface area contributed by atoms with Gasteiger partial charge in [0.25, 0.3) is 5.91 Å². The Morgan fingerprint density at radius 1 is 1.10 bits per heavy atom. The molecule has 1 aromatic heterocycles. The fourth-order valence-electron chi connectivity index (χ4n) is 2.67. The van der Waals surface area contributed by atoms with Gasteiger partial charge in [-0.3, -0.25) is 4.79 Å². The van der Waals surface area contributed by atoms with Gasteiger partial charge in [-0.1, -0.05) is 6.07 Å². The van der Waals surface area contributed by atoms with E-state index < -0.39 is 0 Å². The molecule has 0 aliphatic rings. The number of carbonyl (C=O) groups is 1. The molecule has 0 aliphatic heterocycles. The highest BCUT2D eigenvalue weighted by molar-refractivity contribution is 6.05. The standard InChI is InChI=1S/C22H25N3O4/c1-16-4-9-19(20(14-16)28-13-12-27-3)24-22(26)17-5-7-18(8-6-17)29-15-21-23-10-11-25(21)2/h4-11,14H,12-13,15H2,1-3H3,(H,24,26). The number of hydrogen-bond donors (Lipinski definition) is 1. The van der Waals surface area contributed by atoms with Crippen LogP contribution >= 0.6 is 0 Å². The highest BCUT2D eigenvalue weighted by atomic mass is 16.5. The molecule has 7 nitrogen and oxygen atoms in total. The van der Waals surface area contributed by atoms with Crippen molar-refractivity contribution in [2.75, 3.05) is 25.6 Å². The number of aromatic nitrogens is 2. The van der Waals surface area contributed by atoms with Crippen LogP contribution in [-0.4, -0.2) is 35.8 Å². The molecule has 7 heteroatoms. The fourth-order valence-corrected chi connectivity index (χ4v) is 2.67. The molecule has 1 amide bonds. The molecule has 0 aliphatic carbocycles. The summed E-state index contributed by atoms with van der Waals surface area (Å²) in [4.78, 5) is 16.9. The molecule has 0 bridgehead atoms. The van der Waals surface area contributed by atoms with Crippen LogP contribution in [0.2, 0.25) is 0 Å². The molecule has 0 atom stereocenters. The molecule has 1 N–H and O–H groups in total. The number of rotatable bonds is 9. The molecule has 0 radical (unpaired) electrons. The minimum Gasteiger partial charge on any atom is -0.489 e. The maximum atomic E-state index is 12.6. The van der Waals surface area contributed by atoms with E-state index in [9.17, 15) is 4.79 Å². The molecule has 0 fully saturated rings. The molecule has 0 saturated heterocycles. The third-order valence-electron chi connectivity index (χ3n) is 4.34. The topological polar surface area (TPSA) is 74.6 Å². The first kappa shape index (κ1) is 20.4. The summed E-state index contributed by atoms with van der Waals surface area (Å²) >= 11 is 0. The Hall–Kier alpha value is -3.32. The van der Waals surface area contributed by atoms with Gasteiger partial charge >= 0.3 is 0 Å². The van der Waals surface area contributed by atoms with E-state index in [4.69, 9.17) is 14.2 Å². The second kappa shape index (κ2) is 9.75. The minimum absolute atomic E-state index is 0.221. The predicted molar refractivity (Wildman–Crippen MR) is 110 cm³/mol. The zero-order valence-electron chi connectivity index (χ0n) is 16.8. The molecule has 0 spiro atoms. The van der Waals surface area contributed by atoms with Crippen LogP contribution in [0.15, 0.2) is 54.9 Å². The van der Waals surface area contributed by atoms with Crippen molar-refractivity contribution >= 4 is 11.6 Å². The van der Waals surface area contributed by atoms with E-state index in [1.54, 1.807) is 37.6 Å². The first-order valence-electron chi connectivity index (χ1n) is 9.29. The quantitative estimate of drug-likeness (QED) is 0.561. The molecule has 0 unspecified atom stereocenters. The lowest BCUT2D eigenvalue weighted by Gasteiger charge is -2.13. The molecule has 2 aromatic carbocycles. The van der Waals surface area contributed by atoms with Gasteiger partial charge in [0.2, 0.25) is 0 Å². The number of imidazole rings is 1. The van der Waals surface area contributed by atoms with Crippen LogP contribution in [0, 0.1) is 6.92 Å². The second-order valence-electron chi connectivity index (χ2n) is 6.56. The van der Waals surface area contributed by atoms with Gasteiger partial charge < -0.3 is 24.1 Å². The molecule has 1 heterocycles. The first-order chi connectivity index (χ1) is 14.1. The molecule has 29 heavy (non-hydrogen) atoms. The summed E-state index contributed by atoms with van der Waals surface area (Å²) in [5, 5.41) is 2.90. The van der Waals surface area contributed by atoms with Gasteiger partial charge in [-0.25, -0.2) is 4.98 Å². The Bertz CT molecular complexity index is 951. The van der Waals surface area contributed by atoms with Crippen LogP contribution in [0.5, 0.6) is 11.5 Å². The number of amides is 1. The summed E-state index contributed by atoms with van der Waals surface area (Å²) < 4.78 is 18.4. The van der Waals surface area contributed by atoms with Gasteiger partial charge in [0.05, 0.1) is 12.3 Å². The fraction of sp³-hybridized carbons (Fsp3) is 0.273. The summed E-state index contributed by atoms with van der Waals surface area (Å²) in [7, 11) is 3.53. The average Bonchev–Trinajstić information content (AvgIpc) is 3.13. The largest absolute Gasteiger partial charge is 0.489 e. The van der Waals surface area contributed by atoms with Crippen molar-refractivity contribution in [2.45, 2.75) is 13.5 Å². The summed E-state index contributed by atoms with van der Waals surface area (Å²) in [6.07, 6.45) is 3.59. The normalized spacial score (nSPS) is 10.6. The predicted octanol–water partition coefficient (Wildman–Crippen LogP) is 3.59. The van der Waals surface area contributed by atoms with Crippen molar-refractivity contribution in [3.05, 3.63) is 71.8 Å². The number of nitrogens with zero attached hydrogens (tertiary/aromatic N) is 2. The van der Waals surface area contributed by atoms with Crippen LogP contribution in [0.3, 0.4) is 0 Å². The monoisotopic (exact) mass is 395 g/mol. The van der Waals surface area contributed by atoms with Crippen molar-refractivity contribution in [1.82, 2.24) is 9.55 Å². The third kappa shape index (κ3) is 5.58. The van der Waals surface area contributed by atoms with Crippen molar-refractivity contribution < 1.29 is 19.0 Å². The number of methoxy groups -OCH3 is 1. The number of aryl methyl sites for hydroxylation is 2. The Morgan fingerprint density at radius 2 is 1.90 bits per heavy atom. The number of carbonyl (C=O) groups excluding carboxylic acids is 1. The maximum Gasteiger partial charge on any atom is 0.255 e. The van der Waals surface area contributed by atoms with E-state index in [1.807, 2.05) is 42.9 Å². The SMILES string of the molecule is COCCOc1cc(C)ccc1NC(=O)c1ccc(OCc2nccn2C)cc1. The summed E-state index contributed by atoms with van der Waals surface area (Å²) in [5.74, 6) is 1.89. The number of anilines is 1. The minimum atomic E-state index is -0.221. The Balaban J connectivity index is 1.62. The van der Waals surface area contributed by atoms with Gasteiger partial charge in [0.1, 0.15) is 30.5 Å². The molecule has 3 rings (SSSR count). The summed E-state index contributed by atoms with van der Waals surface area (Å²) in [6, 6.07) is 12.6. The lowest BCUT2D eigenvalue weighted by Crippen LogP contribution is -2.14. The molecule has 3 aromatic rings. The smallest absolute Gasteiger partial charge is 0.255 e. The maximum absolute atomic E-state index is 12.6. The van der Waals surface area contributed by atoms with Crippen molar-refractivity contribution in [3.63, 3.8) is 0 Å². The second-order valence-corrected chi connectivity index (χ2v) is 6.56. The van der Waals surface area contributed by atoms with Crippen LogP contribution in [0.25, 0.3) is 0 Å². The molecule has 152 valence electrons. The molecular formula is C22H25N3O4. The van der Waals surface area contributed by atoms with E-state index in [0.717, 1.165) is 11.4 Å². The van der Waals surface area contributed by atoms with E-state index >= 15 is 0 Å². The average molecular weight is 395 g/mol. The highest BCUT2D eigenvalue weighted by Gasteiger charge is 2.11. The van der Waals surface area contributed by atoms with Crippen molar-refractivity contribution in [1.29, 1.82) is 0 Å². The van der Waals surface area contributed by atoms with Crippen LogP contribution < -0.4 is 14.8 Å². The van der Waals surface area contributed by atoms with E-state index in [2.05, 4.69) is 10.3 Å². The summed E-state index contributed by atoms with van der Waals surface area (Å²) in [6.45, 7) is 3.21. The van der Waals surface area contributed by atoms with E-state index in [1.165, 1.54) is 0 Å². The van der Waals surface area contributed by atoms with Crippen LogP contribution in [-0.2, 0) is 18.4 Å². The highest BCUT2D eigenvalue weighted by Crippen LogP contribution is 2.26. The number of ether oxygens (including phenoxy) is 3. The van der Waals surface area contributed by atoms with E-state index in [0.29, 0.717) is 42.6 Å². The van der Waals surface area contributed by atoms with Crippen LogP contribution in [0.1, 0.15) is 21.7 Å². The lowest BCUT2D eigenvalue weighted by molar-refractivity contribution is 0.102.